The van der Waals surface area contributed by atoms with E-state index in [0.717, 1.165) is 23.8 Å². The molecule has 39 heavy (non-hydrogen) atoms. The average molecular weight is 565 g/mol. The number of carbonyl (C=O) groups excluding carboxylic acids is 1. The molecule has 1 N–H and O–H groups in total. The van der Waals surface area contributed by atoms with E-state index in [0.29, 0.717) is 37.3 Å². The summed E-state index contributed by atoms with van der Waals surface area (Å²) >= 11 is 5.88. The fourth-order valence-corrected chi connectivity index (χ4v) is 4.13. The van der Waals surface area contributed by atoms with Crippen molar-refractivity contribution in [2.75, 3.05) is 13.2 Å². The molecule has 0 fully saturated rings. The van der Waals surface area contributed by atoms with E-state index in [-0.39, 0.29) is 28.2 Å². The number of amides is 1. The van der Waals surface area contributed by atoms with Crippen molar-refractivity contribution in [3.05, 3.63) is 70.9 Å². The van der Waals surface area contributed by atoms with Crippen LogP contribution in [-0.4, -0.2) is 35.7 Å². The van der Waals surface area contributed by atoms with Crippen LogP contribution in [0, 0.1) is 0 Å². The molecule has 1 aliphatic heterocycles. The lowest BCUT2D eigenvalue weighted by atomic mass is 10.0. The molecular formula is C28H28ClF3N2O5. The average Bonchev–Trinajstić information content (AvgIpc) is 3.20. The van der Waals surface area contributed by atoms with Gasteiger partial charge in [0.2, 0.25) is 5.88 Å². The van der Waals surface area contributed by atoms with E-state index in [9.17, 15) is 18.0 Å². The predicted octanol–water partition coefficient (Wildman–Crippen LogP) is 6.61. The Labute approximate surface area is 229 Å². The van der Waals surface area contributed by atoms with Gasteiger partial charge < -0.3 is 24.3 Å². The lowest BCUT2D eigenvalue weighted by Crippen LogP contribution is -2.37. The van der Waals surface area contributed by atoms with Crippen molar-refractivity contribution in [1.29, 1.82) is 0 Å². The zero-order valence-electron chi connectivity index (χ0n) is 21.6. The first-order valence-corrected chi connectivity index (χ1v) is 12.7. The number of halogens is 4. The molecule has 0 spiro atoms. The Morgan fingerprint density at radius 3 is 2.59 bits per heavy atom. The fourth-order valence-electron chi connectivity index (χ4n) is 3.92. The Hall–Kier alpha value is -3.66. The molecule has 0 radical (unpaired) electrons. The van der Waals surface area contributed by atoms with E-state index in [2.05, 4.69) is 10.3 Å². The molecule has 1 aromatic heterocycles. The lowest BCUT2D eigenvalue weighted by molar-refractivity contribution is -0.137. The van der Waals surface area contributed by atoms with Crippen molar-refractivity contribution in [2.24, 2.45) is 0 Å². The topological polar surface area (TPSA) is 78.9 Å². The number of alkyl halides is 3. The molecule has 11 heteroatoms. The quantitative estimate of drug-likeness (QED) is 0.279. The number of ether oxygens (including phenoxy) is 4. The predicted molar refractivity (Wildman–Crippen MR) is 139 cm³/mol. The van der Waals surface area contributed by atoms with E-state index in [1.165, 1.54) is 12.1 Å². The second-order valence-corrected chi connectivity index (χ2v) is 10.0. The van der Waals surface area contributed by atoms with Crippen LogP contribution in [0.3, 0.4) is 0 Å². The van der Waals surface area contributed by atoms with E-state index in [4.69, 9.17) is 30.5 Å². The summed E-state index contributed by atoms with van der Waals surface area (Å²) in [5.41, 5.74) is -0.103. The minimum atomic E-state index is -4.56. The zero-order valence-corrected chi connectivity index (χ0v) is 22.4. The molecule has 2 aromatic carbocycles. The van der Waals surface area contributed by atoms with Gasteiger partial charge in [-0.25, -0.2) is 4.98 Å². The van der Waals surface area contributed by atoms with Crippen LogP contribution in [0.25, 0.3) is 0 Å². The van der Waals surface area contributed by atoms with Gasteiger partial charge in [-0.05, 0) is 63.6 Å². The molecule has 0 bridgehead atoms. The number of hydrogen-bond donors (Lipinski definition) is 1. The lowest BCUT2D eigenvalue weighted by Gasteiger charge is -2.18. The van der Waals surface area contributed by atoms with Gasteiger partial charge in [0.05, 0.1) is 12.2 Å². The van der Waals surface area contributed by atoms with Gasteiger partial charge in [0, 0.05) is 24.7 Å². The number of pyridine rings is 1. The molecule has 0 saturated heterocycles. The molecule has 208 valence electrons. The number of para-hydroxylation sites is 1. The van der Waals surface area contributed by atoms with Crippen LogP contribution < -0.4 is 24.3 Å². The number of fused-ring (bicyclic) bond motifs is 1. The Balaban J connectivity index is 1.20. The van der Waals surface area contributed by atoms with Crippen molar-refractivity contribution in [1.82, 2.24) is 10.3 Å². The molecular weight excluding hydrogens is 537 g/mol. The highest BCUT2D eigenvalue weighted by molar-refractivity contribution is 6.31. The Morgan fingerprint density at radius 1 is 1.18 bits per heavy atom. The number of nitrogens with zero attached hydrogens (tertiary/aromatic N) is 1. The Kier molecular flexibility index (Phi) is 8.44. The van der Waals surface area contributed by atoms with Crippen LogP contribution in [-0.2, 0) is 17.4 Å². The second-order valence-electron chi connectivity index (χ2n) is 9.62. The number of aromatic nitrogens is 1. The van der Waals surface area contributed by atoms with Gasteiger partial charge >= 0.3 is 6.18 Å². The van der Waals surface area contributed by atoms with Crippen LogP contribution in [0.1, 0.15) is 38.3 Å². The van der Waals surface area contributed by atoms with Crippen molar-refractivity contribution < 1.29 is 36.9 Å². The number of carbonyl (C=O) groups is 1. The van der Waals surface area contributed by atoms with Gasteiger partial charge in [-0.1, -0.05) is 23.7 Å². The summed E-state index contributed by atoms with van der Waals surface area (Å²) in [6.07, 6.45) is -3.25. The summed E-state index contributed by atoms with van der Waals surface area (Å²) in [4.78, 5) is 16.1. The van der Waals surface area contributed by atoms with E-state index in [1.807, 2.05) is 32.0 Å². The molecule has 1 aliphatic rings. The third-order valence-electron chi connectivity index (χ3n) is 5.79. The van der Waals surface area contributed by atoms with Crippen LogP contribution in [0.15, 0.2) is 54.7 Å². The molecule has 0 saturated carbocycles. The van der Waals surface area contributed by atoms with Crippen molar-refractivity contribution in [2.45, 2.75) is 51.5 Å². The molecule has 1 atom stereocenters. The van der Waals surface area contributed by atoms with Crippen molar-refractivity contribution >= 4 is 17.5 Å². The maximum absolute atomic E-state index is 12.8. The summed E-state index contributed by atoms with van der Waals surface area (Å²) in [6, 6.07) is 12.8. The van der Waals surface area contributed by atoms with Gasteiger partial charge in [0.15, 0.2) is 17.6 Å². The highest BCUT2D eigenvalue weighted by atomic mass is 35.5. The smallest absolute Gasteiger partial charge is 0.417 e. The van der Waals surface area contributed by atoms with Crippen LogP contribution in [0.4, 0.5) is 13.2 Å². The SMILES string of the molecule is C[C@@H](Oc1ccc(Oc2ncc(C(F)(F)F)cc2Cl)cc1)C(=O)NCCCOc1cccc2c1OC(C)(C)C2. The van der Waals surface area contributed by atoms with Gasteiger partial charge in [-0.15, -0.1) is 0 Å². The first kappa shape index (κ1) is 28.4. The number of benzene rings is 2. The second kappa shape index (κ2) is 11.6. The van der Waals surface area contributed by atoms with Gasteiger partial charge in [0.1, 0.15) is 22.1 Å². The zero-order chi connectivity index (χ0) is 28.2. The van der Waals surface area contributed by atoms with Gasteiger partial charge in [-0.3, -0.25) is 4.79 Å². The standard InChI is InChI=1S/C28H28ClF3N2O5/c1-17(25(35)33-12-5-13-36-23-7-4-6-18-15-27(2,3)39-24(18)23)37-20-8-10-21(11-9-20)38-26-22(29)14-19(16-34-26)28(30,31)32/h4,6-11,14,16-17H,5,12-13,15H2,1-3H3,(H,33,35)/t17-/m1/s1. The van der Waals surface area contributed by atoms with E-state index < -0.39 is 17.8 Å². The Morgan fingerprint density at radius 2 is 1.90 bits per heavy atom. The largest absolute Gasteiger partial charge is 0.490 e. The summed E-state index contributed by atoms with van der Waals surface area (Å²) < 4.78 is 61.3. The Bertz CT molecular complexity index is 1320. The molecule has 1 amide bonds. The molecule has 2 heterocycles. The summed E-state index contributed by atoms with van der Waals surface area (Å²) in [7, 11) is 0. The number of nitrogens with one attached hydrogen (secondary N) is 1. The maximum Gasteiger partial charge on any atom is 0.417 e. The van der Waals surface area contributed by atoms with Gasteiger partial charge in [0.25, 0.3) is 5.91 Å². The first-order valence-electron chi connectivity index (χ1n) is 12.3. The van der Waals surface area contributed by atoms with Crippen LogP contribution in [0.5, 0.6) is 28.9 Å². The van der Waals surface area contributed by atoms with Gasteiger partial charge in [-0.2, -0.15) is 13.2 Å². The van der Waals surface area contributed by atoms with Crippen molar-refractivity contribution in [3.63, 3.8) is 0 Å². The molecule has 4 rings (SSSR count). The molecule has 3 aromatic rings. The third-order valence-corrected chi connectivity index (χ3v) is 6.06. The third kappa shape index (κ3) is 7.47. The van der Waals surface area contributed by atoms with E-state index in [1.54, 1.807) is 19.1 Å². The number of hydrogen-bond acceptors (Lipinski definition) is 6. The minimum absolute atomic E-state index is 0.164. The van der Waals surface area contributed by atoms with Crippen LogP contribution >= 0.6 is 11.6 Å². The molecule has 0 unspecified atom stereocenters. The van der Waals surface area contributed by atoms with Crippen molar-refractivity contribution in [3.8, 4) is 28.9 Å². The summed E-state index contributed by atoms with van der Waals surface area (Å²) in [6.45, 7) is 6.51. The fraction of sp³-hybridized carbons (Fsp3) is 0.357. The van der Waals surface area contributed by atoms with E-state index >= 15 is 0 Å². The summed E-state index contributed by atoms with van der Waals surface area (Å²) in [5.74, 6) is 1.71. The molecule has 0 aliphatic carbocycles. The highest BCUT2D eigenvalue weighted by Crippen LogP contribution is 2.41. The monoisotopic (exact) mass is 564 g/mol. The van der Waals surface area contributed by atoms with Crippen LogP contribution in [0.2, 0.25) is 5.02 Å². The first-order chi connectivity index (χ1) is 18.4. The highest BCUT2D eigenvalue weighted by Gasteiger charge is 2.33. The number of rotatable bonds is 10. The normalized spacial score (nSPS) is 14.6. The minimum Gasteiger partial charge on any atom is -0.490 e. The summed E-state index contributed by atoms with van der Waals surface area (Å²) in [5, 5.41) is 2.54. The maximum atomic E-state index is 12.8. The molecule has 7 nitrogen and oxygen atoms in total.